The van der Waals surface area contributed by atoms with Gasteiger partial charge in [-0.1, -0.05) is 7.43 Å². The molecule has 2 fully saturated rings. The van der Waals surface area contributed by atoms with E-state index >= 15 is 0 Å². The van der Waals surface area contributed by atoms with Crippen molar-refractivity contribution in [2.45, 2.75) is 52.0 Å². The van der Waals surface area contributed by atoms with Crippen molar-refractivity contribution in [3.63, 3.8) is 0 Å². The number of nitro groups is 1. The summed E-state index contributed by atoms with van der Waals surface area (Å²) in [5.41, 5.74) is -1.78. The van der Waals surface area contributed by atoms with Gasteiger partial charge in [-0.3, -0.25) is 19.8 Å². The number of nitrogens with zero attached hydrogens (tertiary/aromatic N) is 4. The van der Waals surface area contributed by atoms with Crippen LogP contribution in [0.25, 0.3) is 0 Å². The number of alkyl halides is 6. The quantitative estimate of drug-likeness (QED) is 0.231. The normalized spacial score (nSPS) is 17.1. The number of carbonyl (C=O) groups is 1. The summed E-state index contributed by atoms with van der Waals surface area (Å²) in [6.45, 7) is 5.34. The van der Waals surface area contributed by atoms with E-state index in [4.69, 9.17) is 0 Å². The number of piperidine rings is 1. The lowest BCUT2D eigenvalue weighted by Crippen LogP contribution is -2.48. The maximum Gasteiger partial charge on any atom is 0.423 e. The summed E-state index contributed by atoms with van der Waals surface area (Å²) in [5, 5.41) is 14.0. The van der Waals surface area contributed by atoms with Crippen LogP contribution in [-0.2, 0) is 17.1 Å². The van der Waals surface area contributed by atoms with Gasteiger partial charge in [0, 0.05) is 75.7 Å². The lowest BCUT2D eigenvalue weighted by atomic mass is 10.0. The van der Waals surface area contributed by atoms with Gasteiger partial charge in [0.05, 0.1) is 10.5 Å². The molecule has 42 heavy (non-hydrogen) atoms. The fraction of sp³-hybridized carbons (Fsp3) is 0.536. The molecular weight excluding hydrogens is 568 g/mol. The number of halogens is 6. The second-order valence-corrected chi connectivity index (χ2v) is 10.4. The molecule has 2 heterocycles. The lowest BCUT2D eigenvalue weighted by molar-refractivity contribution is -0.388. The van der Waals surface area contributed by atoms with E-state index in [9.17, 15) is 41.3 Å². The molecule has 0 radical (unpaired) electrons. The van der Waals surface area contributed by atoms with E-state index in [1.165, 1.54) is 12.1 Å². The first-order valence-corrected chi connectivity index (χ1v) is 13.3. The van der Waals surface area contributed by atoms with Gasteiger partial charge in [0.2, 0.25) is 5.91 Å². The topological polar surface area (TPSA) is 82.0 Å². The van der Waals surface area contributed by atoms with E-state index < -0.39 is 34.1 Å². The molecule has 1 amide bonds. The number of rotatable bonds is 7. The zero-order valence-corrected chi connectivity index (χ0v) is 22.4. The first-order chi connectivity index (χ1) is 19.2. The summed E-state index contributed by atoms with van der Waals surface area (Å²) in [6.07, 6.45) is -7.95. The predicted octanol–water partition coefficient (Wildman–Crippen LogP) is 6.19. The molecule has 1 N–H and O–H groups in total. The molecule has 2 aromatic carbocycles. The van der Waals surface area contributed by atoms with E-state index in [1.807, 2.05) is 4.90 Å². The summed E-state index contributed by atoms with van der Waals surface area (Å²) < 4.78 is 79.4. The molecule has 0 spiro atoms. The van der Waals surface area contributed by atoms with Crippen molar-refractivity contribution >= 4 is 23.0 Å². The van der Waals surface area contributed by atoms with Crippen LogP contribution >= 0.6 is 0 Å². The van der Waals surface area contributed by atoms with Gasteiger partial charge >= 0.3 is 12.4 Å². The van der Waals surface area contributed by atoms with Crippen LogP contribution in [0.2, 0.25) is 0 Å². The third kappa shape index (κ3) is 8.26. The SMILES string of the molecule is C.Cc1cc(N2CCN(CCC(=O)N3CCC(Nc4ccc([N+](=O)[O-])c(C(F)(F)F)c4)CC3)CC2)cc(C(F)(F)F)c1. The molecule has 232 valence electrons. The molecule has 0 atom stereocenters. The largest absolute Gasteiger partial charge is 0.423 e. The molecule has 0 aromatic heterocycles. The molecule has 0 unspecified atom stereocenters. The zero-order valence-electron chi connectivity index (χ0n) is 22.4. The van der Waals surface area contributed by atoms with Crippen molar-refractivity contribution in [1.29, 1.82) is 0 Å². The number of aryl methyl sites for hydroxylation is 1. The molecule has 4 rings (SSSR count). The summed E-state index contributed by atoms with van der Waals surface area (Å²) in [5.74, 6) is -0.0333. The Bertz CT molecular complexity index is 1250. The van der Waals surface area contributed by atoms with Crippen LogP contribution in [0.4, 0.5) is 43.4 Å². The fourth-order valence-electron chi connectivity index (χ4n) is 5.27. The Kier molecular flexibility index (Phi) is 10.3. The Labute approximate surface area is 240 Å². The van der Waals surface area contributed by atoms with Gasteiger partial charge in [-0.05, 0) is 55.7 Å². The third-order valence-corrected chi connectivity index (χ3v) is 7.49. The first kappa shape index (κ1) is 33.0. The Balaban J connectivity index is 0.00000484. The molecule has 0 bridgehead atoms. The molecule has 2 aliphatic heterocycles. The lowest BCUT2D eigenvalue weighted by Gasteiger charge is -2.37. The van der Waals surface area contributed by atoms with Gasteiger partial charge in [0.1, 0.15) is 5.56 Å². The van der Waals surface area contributed by atoms with E-state index in [2.05, 4.69) is 10.2 Å². The van der Waals surface area contributed by atoms with Crippen LogP contribution in [0.15, 0.2) is 36.4 Å². The van der Waals surface area contributed by atoms with Gasteiger partial charge in [-0.25, -0.2) is 0 Å². The molecule has 8 nitrogen and oxygen atoms in total. The smallest absolute Gasteiger partial charge is 0.382 e. The van der Waals surface area contributed by atoms with Gasteiger partial charge < -0.3 is 15.1 Å². The van der Waals surface area contributed by atoms with Crippen molar-refractivity contribution in [2.24, 2.45) is 0 Å². The molecule has 2 saturated heterocycles. The second kappa shape index (κ2) is 13.2. The standard InChI is InChI=1S/C27H31F6N5O3.CH4/c1-18-14-19(26(28,29)30)16-22(15-18)36-12-10-35(11-13-36)7-6-25(39)37-8-4-20(5-9-37)34-21-2-3-24(38(40)41)23(17-21)27(31,32)33;/h2-3,14-17,20,34H,4-13H2,1H3;1H4. The second-order valence-electron chi connectivity index (χ2n) is 10.4. The zero-order chi connectivity index (χ0) is 29.9. The minimum Gasteiger partial charge on any atom is -0.382 e. The molecular formula is C28H35F6N5O3. The van der Waals surface area contributed by atoms with Crippen molar-refractivity contribution in [2.75, 3.05) is 56.0 Å². The van der Waals surface area contributed by atoms with Crippen molar-refractivity contribution in [1.82, 2.24) is 9.80 Å². The number of amides is 1. The Morgan fingerprint density at radius 3 is 2.17 bits per heavy atom. The van der Waals surface area contributed by atoms with E-state index in [-0.39, 0.29) is 31.5 Å². The number of carbonyl (C=O) groups excluding carboxylic acids is 1. The van der Waals surface area contributed by atoms with Gasteiger partial charge in [-0.2, -0.15) is 26.3 Å². The summed E-state index contributed by atoms with van der Waals surface area (Å²) >= 11 is 0. The van der Waals surface area contributed by atoms with Crippen LogP contribution < -0.4 is 10.2 Å². The number of nitro benzene ring substituents is 1. The number of anilines is 2. The highest BCUT2D eigenvalue weighted by atomic mass is 19.4. The maximum atomic E-state index is 13.3. The van der Waals surface area contributed by atoms with Crippen LogP contribution in [0.5, 0.6) is 0 Å². The van der Waals surface area contributed by atoms with Gasteiger partial charge in [-0.15, -0.1) is 0 Å². The Hall–Kier alpha value is -3.55. The predicted molar refractivity (Wildman–Crippen MR) is 148 cm³/mol. The third-order valence-electron chi connectivity index (χ3n) is 7.49. The molecule has 2 aromatic rings. The summed E-state index contributed by atoms with van der Waals surface area (Å²) in [7, 11) is 0. The monoisotopic (exact) mass is 603 g/mol. The minimum absolute atomic E-state index is 0. The van der Waals surface area contributed by atoms with Crippen LogP contribution in [0.3, 0.4) is 0 Å². The first-order valence-electron chi connectivity index (χ1n) is 13.3. The van der Waals surface area contributed by atoms with Gasteiger partial charge in [0.25, 0.3) is 5.69 Å². The highest BCUT2D eigenvalue weighted by molar-refractivity contribution is 5.76. The number of likely N-dealkylation sites (tertiary alicyclic amines) is 1. The van der Waals surface area contributed by atoms with Crippen LogP contribution in [0, 0.1) is 17.0 Å². The van der Waals surface area contributed by atoms with Crippen molar-refractivity contribution in [3.8, 4) is 0 Å². The number of nitrogens with one attached hydrogen (secondary N) is 1. The molecule has 2 aliphatic rings. The Morgan fingerprint density at radius 2 is 1.60 bits per heavy atom. The number of benzene rings is 2. The van der Waals surface area contributed by atoms with E-state index in [0.29, 0.717) is 69.9 Å². The van der Waals surface area contributed by atoms with Crippen molar-refractivity contribution < 1.29 is 36.1 Å². The Morgan fingerprint density at radius 1 is 0.952 bits per heavy atom. The average molecular weight is 604 g/mol. The average Bonchev–Trinajstić information content (AvgIpc) is 2.91. The van der Waals surface area contributed by atoms with E-state index in [0.717, 1.165) is 18.2 Å². The highest BCUT2D eigenvalue weighted by Gasteiger charge is 2.38. The number of piperazine rings is 1. The van der Waals surface area contributed by atoms with E-state index in [1.54, 1.807) is 17.9 Å². The van der Waals surface area contributed by atoms with Crippen molar-refractivity contribution in [3.05, 3.63) is 63.2 Å². The molecule has 0 aliphatic carbocycles. The fourth-order valence-corrected chi connectivity index (χ4v) is 5.27. The van der Waals surface area contributed by atoms with Crippen LogP contribution in [0.1, 0.15) is 43.4 Å². The van der Waals surface area contributed by atoms with Crippen LogP contribution in [-0.4, -0.2) is 72.5 Å². The van der Waals surface area contributed by atoms with Gasteiger partial charge in [0.15, 0.2) is 0 Å². The minimum atomic E-state index is -4.86. The summed E-state index contributed by atoms with van der Waals surface area (Å²) in [4.78, 5) is 28.4. The highest BCUT2D eigenvalue weighted by Crippen LogP contribution is 2.38. The number of hydrogen-bond acceptors (Lipinski definition) is 6. The molecule has 0 saturated carbocycles. The number of hydrogen-bond donors (Lipinski definition) is 1. The maximum absolute atomic E-state index is 13.3. The summed E-state index contributed by atoms with van der Waals surface area (Å²) in [6, 6.07) is 6.68. The molecule has 14 heteroatoms.